The molecule has 0 aliphatic carbocycles. The first-order valence-electron chi connectivity index (χ1n) is 9.76. The molecule has 29 heavy (non-hydrogen) atoms. The Morgan fingerprint density at radius 1 is 1.14 bits per heavy atom. The van der Waals surface area contributed by atoms with Crippen LogP contribution in [0.5, 0.6) is 0 Å². The highest BCUT2D eigenvalue weighted by atomic mass is 35.5. The van der Waals surface area contributed by atoms with E-state index in [2.05, 4.69) is 50.8 Å². The molecular weight excluding hydrogens is 386 g/mol. The zero-order valence-corrected chi connectivity index (χ0v) is 17.6. The van der Waals surface area contributed by atoms with Crippen molar-refractivity contribution < 1.29 is 4.52 Å². The van der Waals surface area contributed by atoms with Gasteiger partial charge in [0.1, 0.15) is 5.82 Å². The smallest absolute Gasteiger partial charge is 0.240 e. The SMILES string of the molecule is CCc1noc(CN(C)C(C)c2nc3cc(Cl)ccc3n2Cc2ccccc2)n1. The molecule has 1 atom stereocenters. The molecule has 0 radical (unpaired) electrons. The fourth-order valence-corrected chi connectivity index (χ4v) is 3.58. The van der Waals surface area contributed by atoms with Crippen LogP contribution in [0.1, 0.15) is 43.0 Å². The van der Waals surface area contributed by atoms with Crippen LogP contribution >= 0.6 is 11.6 Å². The summed E-state index contributed by atoms with van der Waals surface area (Å²) in [7, 11) is 2.04. The summed E-state index contributed by atoms with van der Waals surface area (Å²) in [5.74, 6) is 2.32. The third kappa shape index (κ3) is 4.18. The van der Waals surface area contributed by atoms with E-state index in [-0.39, 0.29) is 6.04 Å². The Kier molecular flexibility index (Phi) is 5.65. The van der Waals surface area contributed by atoms with Gasteiger partial charge in [-0.05, 0) is 37.7 Å². The maximum Gasteiger partial charge on any atom is 0.240 e. The Morgan fingerprint density at radius 2 is 1.93 bits per heavy atom. The molecule has 0 amide bonds. The zero-order valence-electron chi connectivity index (χ0n) is 16.8. The second-order valence-corrected chi connectivity index (χ2v) is 7.66. The number of benzene rings is 2. The summed E-state index contributed by atoms with van der Waals surface area (Å²) in [5, 5.41) is 4.68. The fourth-order valence-electron chi connectivity index (χ4n) is 3.42. The lowest BCUT2D eigenvalue weighted by Gasteiger charge is -2.23. The van der Waals surface area contributed by atoms with Gasteiger partial charge in [0.15, 0.2) is 5.82 Å². The highest BCUT2D eigenvalue weighted by Crippen LogP contribution is 2.27. The summed E-state index contributed by atoms with van der Waals surface area (Å²) < 4.78 is 7.62. The van der Waals surface area contributed by atoms with Crippen molar-refractivity contribution in [2.75, 3.05) is 7.05 Å². The summed E-state index contributed by atoms with van der Waals surface area (Å²) in [4.78, 5) is 11.5. The summed E-state index contributed by atoms with van der Waals surface area (Å²) >= 11 is 6.22. The van der Waals surface area contributed by atoms with Gasteiger partial charge in [-0.25, -0.2) is 4.98 Å². The lowest BCUT2D eigenvalue weighted by atomic mass is 10.2. The van der Waals surface area contributed by atoms with Gasteiger partial charge in [0, 0.05) is 18.0 Å². The molecule has 0 saturated carbocycles. The molecule has 7 heteroatoms. The lowest BCUT2D eigenvalue weighted by Crippen LogP contribution is -2.25. The molecule has 2 aromatic heterocycles. The van der Waals surface area contributed by atoms with Gasteiger partial charge in [-0.3, -0.25) is 4.90 Å². The van der Waals surface area contributed by atoms with E-state index in [1.165, 1.54) is 5.56 Å². The van der Waals surface area contributed by atoms with Gasteiger partial charge in [0.05, 0.1) is 23.6 Å². The first-order chi connectivity index (χ1) is 14.0. The fraction of sp³-hybridized carbons (Fsp3) is 0.318. The Morgan fingerprint density at radius 3 is 2.66 bits per heavy atom. The summed E-state index contributed by atoms with van der Waals surface area (Å²) in [5.41, 5.74) is 3.19. The van der Waals surface area contributed by atoms with Crippen molar-refractivity contribution in [1.82, 2.24) is 24.6 Å². The van der Waals surface area contributed by atoms with Crippen LogP contribution in [0.15, 0.2) is 53.1 Å². The molecule has 150 valence electrons. The minimum atomic E-state index is 0.0434. The first-order valence-corrected chi connectivity index (χ1v) is 10.1. The van der Waals surface area contributed by atoms with Gasteiger partial charge in [0.25, 0.3) is 0 Å². The van der Waals surface area contributed by atoms with Crippen molar-refractivity contribution in [3.8, 4) is 0 Å². The van der Waals surface area contributed by atoms with E-state index in [0.717, 1.165) is 35.6 Å². The minimum Gasteiger partial charge on any atom is -0.338 e. The van der Waals surface area contributed by atoms with Gasteiger partial charge < -0.3 is 9.09 Å². The lowest BCUT2D eigenvalue weighted by molar-refractivity contribution is 0.207. The number of halogens is 1. The molecule has 2 aromatic carbocycles. The molecular formula is C22H24ClN5O. The Labute approximate surface area is 175 Å². The van der Waals surface area contributed by atoms with Crippen molar-refractivity contribution in [1.29, 1.82) is 0 Å². The van der Waals surface area contributed by atoms with Gasteiger partial charge >= 0.3 is 0 Å². The van der Waals surface area contributed by atoms with E-state index < -0.39 is 0 Å². The Hall–Kier alpha value is -2.70. The van der Waals surface area contributed by atoms with E-state index in [9.17, 15) is 0 Å². The van der Waals surface area contributed by atoms with E-state index in [1.54, 1.807) is 0 Å². The second kappa shape index (κ2) is 8.35. The zero-order chi connectivity index (χ0) is 20.4. The van der Waals surface area contributed by atoms with Gasteiger partial charge in [-0.1, -0.05) is 54.0 Å². The molecule has 0 N–H and O–H groups in total. The largest absolute Gasteiger partial charge is 0.338 e. The number of imidazole rings is 1. The number of fused-ring (bicyclic) bond motifs is 1. The predicted molar refractivity (Wildman–Crippen MR) is 114 cm³/mol. The van der Waals surface area contributed by atoms with E-state index >= 15 is 0 Å². The molecule has 6 nitrogen and oxygen atoms in total. The summed E-state index contributed by atoms with van der Waals surface area (Å²) in [6, 6.07) is 16.3. The molecule has 4 rings (SSSR count). The van der Waals surface area contributed by atoms with Gasteiger partial charge in [-0.2, -0.15) is 4.98 Å². The Bertz CT molecular complexity index is 1110. The average Bonchev–Trinajstić information content (AvgIpc) is 3.32. The first kappa shape index (κ1) is 19.6. The molecule has 4 aromatic rings. The van der Waals surface area contributed by atoms with Gasteiger partial charge in [0.2, 0.25) is 5.89 Å². The van der Waals surface area contributed by atoms with Crippen LogP contribution < -0.4 is 0 Å². The molecule has 0 bridgehead atoms. The van der Waals surface area contributed by atoms with Crippen LogP contribution in [0, 0.1) is 0 Å². The Balaban J connectivity index is 1.68. The molecule has 0 aliphatic heterocycles. The highest BCUT2D eigenvalue weighted by Gasteiger charge is 2.22. The molecule has 0 fully saturated rings. The topological polar surface area (TPSA) is 60.0 Å². The number of rotatable bonds is 7. The van der Waals surface area contributed by atoms with E-state index in [1.807, 2.05) is 38.2 Å². The van der Waals surface area contributed by atoms with Crippen LogP contribution in [0.25, 0.3) is 11.0 Å². The van der Waals surface area contributed by atoms with E-state index in [0.29, 0.717) is 17.5 Å². The van der Waals surface area contributed by atoms with Crippen molar-refractivity contribution in [3.63, 3.8) is 0 Å². The van der Waals surface area contributed by atoms with Crippen LogP contribution in [-0.4, -0.2) is 31.6 Å². The van der Waals surface area contributed by atoms with Gasteiger partial charge in [-0.15, -0.1) is 0 Å². The van der Waals surface area contributed by atoms with Crippen molar-refractivity contribution >= 4 is 22.6 Å². The number of nitrogens with zero attached hydrogens (tertiary/aromatic N) is 5. The molecule has 0 spiro atoms. The number of hydrogen-bond donors (Lipinski definition) is 0. The maximum atomic E-state index is 6.22. The third-order valence-electron chi connectivity index (χ3n) is 5.17. The van der Waals surface area contributed by atoms with Crippen LogP contribution in [0.2, 0.25) is 5.02 Å². The molecule has 1 unspecified atom stereocenters. The van der Waals surface area contributed by atoms with Crippen molar-refractivity contribution in [3.05, 3.63) is 76.7 Å². The molecule has 2 heterocycles. The highest BCUT2D eigenvalue weighted by molar-refractivity contribution is 6.31. The standard InChI is InChI=1S/C22H24ClN5O/c1-4-20-25-21(29-26-20)14-27(3)15(2)22-24-18-12-17(23)10-11-19(18)28(22)13-16-8-6-5-7-9-16/h5-12,15H,4,13-14H2,1-3H3. The average molecular weight is 410 g/mol. The number of aromatic nitrogens is 4. The number of aryl methyl sites for hydroxylation is 1. The van der Waals surface area contributed by atoms with Crippen LogP contribution in [-0.2, 0) is 19.5 Å². The van der Waals surface area contributed by atoms with E-state index in [4.69, 9.17) is 21.1 Å². The summed E-state index contributed by atoms with van der Waals surface area (Å²) in [6.45, 7) is 5.45. The second-order valence-electron chi connectivity index (χ2n) is 7.22. The summed E-state index contributed by atoms with van der Waals surface area (Å²) in [6.07, 6.45) is 0.760. The van der Waals surface area contributed by atoms with Crippen LogP contribution in [0.3, 0.4) is 0 Å². The monoisotopic (exact) mass is 409 g/mol. The third-order valence-corrected chi connectivity index (χ3v) is 5.40. The normalized spacial score (nSPS) is 12.7. The maximum absolute atomic E-state index is 6.22. The predicted octanol–water partition coefficient (Wildman–Crippen LogP) is 4.88. The van der Waals surface area contributed by atoms with Crippen LogP contribution in [0.4, 0.5) is 0 Å². The van der Waals surface area contributed by atoms with Crippen molar-refractivity contribution in [2.24, 2.45) is 0 Å². The molecule has 0 aliphatic rings. The molecule has 0 saturated heterocycles. The minimum absolute atomic E-state index is 0.0434. The number of hydrogen-bond acceptors (Lipinski definition) is 5. The van der Waals surface area contributed by atoms with Crippen molar-refractivity contribution in [2.45, 2.75) is 39.4 Å². The quantitative estimate of drug-likeness (QED) is 0.435.